The number of sulfone groups is 1. The number of nitrogens with zero attached hydrogens (tertiary/aromatic N) is 1. The van der Waals surface area contributed by atoms with Crippen molar-refractivity contribution >= 4 is 15.7 Å². The SMILES string of the molecule is O=C(NC1CS(=O)(=O)Cc2ccccc21)c1cc(C(F)(F)F)[nH]n1. The summed E-state index contributed by atoms with van der Waals surface area (Å²) in [6.07, 6.45) is -4.65. The lowest BCUT2D eigenvalue weighted by Gasteiger charge is -2.26. The largest absolute Gasteiger partial charge is 0.432 e. The van der Waals surface area contributed by atoms with Gasteiger partial charge < -0.3 is 5.32 Å². The van der Waals surface area contributed by atoms with Crippen molar-refractivity contribution < 1.29 is 26.4 Å². The topological polar surface area (TPSA) is 91.9 Å². The van der Waals surface area contributed by atoms with Crippen LogP contribution in [0.3, 0.4) is 0 Å². The number of amides is 1. The predicted octanol–water partition coefficient (Wildman–Crippen LogP) is 1.83. The number of nitrogens with one attached hydrogen (secondary N) is 2. The molecule has 1 unspecified atom stereocenters. The van der Waals surface area contributed by atoms with Gasteiger partial charge in [0, 0.05) is 6.07 Å². The third kappa shape index (κ3) is 3.28. The molecule has 0 aliphatic carbocycles. The molecule has 1 amide bonds. The molecule has 1 atom stereocenters. The van der Waals surface area contributed by atoms with Crippen LogP contribution in [0.1, 0.15) is 33.4 Å². The summed E-state index contributed by atoms with van der Waals surface area (Å²) in [5, 5.41) is 7.52. The van der Waals surface area contributed by atoms with Gasteiger partial charge in [-0.05, 0) is 11.1 Å². The van der Waals surface area contributed by atoms with Crippen molar-refractivity contribution in [3.63, 3.8) is 0 Å². The summed E-state index contributed by atoms with van der Waals surface area (Å²) in [6, 6.07) is 6.45. The Hall–Kier alpha value is -2.36. The standard InChI is InChI=1S/C14H12F3N3O3S/c15-14(16,17)12-5-10(19-20-12)13(21)18-11-7-24(22,23)6-8-3-1-2-4-9(8)11/h1-5,11H,6-7H2,(H,18,21)(H,19,20). The molecule has 2 N–H and O–H groups in total. The zero-order valence-electron chi connectivity index (χ0n) is 12.1. The third-order valence-corrected chi connectivity index (χ3v) is 5.24. The van der Waals surface area contributed by atoms with Gasteiger partial charge in [0.15, 0.2) is 15.5 Å². The molecule has 10 heteroatoms. The van der Waals surface area contributed by atoms with E-state index in [0.717, 1.165) is 0 Å². The Morgan fingerprint density at radius 1 is 1.29 bits per heavy atom. The minimum Gasteiger partial charge on any atom is -0.343 e. The van der Waals surface area contributed by atoms with Crippen LogP contribution in [0, 0.1) is 0 Å². The molecule has 0 saturated carbocycles. The van der Waals surface area contributed by atoms with Crippen LogP contribution >= 0.6 is 0 Å². The molecule has 3 rings (SSSR count). The molecule has 1 aliphatic heterocycles. The van der Waals surface area contributed by atoms with Gasteiger partial charge >= 0.3 is 6.18 Å². The van der Waals surface area contributed by atoms with E-state index in [1.165, 1.54) is 0 Å². The maximum Gasteiger partial charge on any atom is 0.432 e. The molecular formula is C14H12F3N3O3S. The monoisotopic (exact) mass is 359 g/mol. The first kappa shape index (κ1) is 16.5. The molecule has 128 valence electrons. The maximum atomic E-state index is 12.5. The number of carbonyl (C=O) groups excluding carboxylic acids is 1. The lowest BCUT2D eigenvalue weighted by molar-refractivity contribution is -0.141. The van der Waals surface area contributed by atoms with Gasteiger partial charge in [0.25, 0.3) is 5.91 Å². The lowest BCUT2D eigenvalue weighted by Crippen LogP contribution is -2.37. The first-order chi connectivity index (χ1) is 11.2. The summed E-state index contributed by atoms with van der Waals surface area (Å²) in [4.78, 5) is 12.1. The molecule has 0 bridgehead atoms. The summed E-state index contributed by atoms with van der Waals surface area (Å²) in [7, 11) is -3.41. The van der Waals surface area contributed by atoms with E-state index in [2.05, 4.69) is 10.4 Å². The summed E-state index contributed by atoms with van der Waals surface area (Å²) >= 11 is 0. The lowest BCUT2D eigenvalue weighted by atomic mass is 10.0. The van der Waals surface area contributed by atoms with Crippen molar-refractivity contribution in [3.8, 4) is 0 Å². The van der Waals surface area contributed by atoms with Gasteiger partial charge in [0.1, 0.15) is 5.69 Å². The Morgan fingerprint density at radius 3 is 2.67 bits per heavy atom. The van der Waals surface area contributed by atoms with Crippen molar-refractivity contribution in [2.45, 2.75) is 18.0 Å². The van der Waals surface area contributed by atoms with E-state index in [4.69, 9.17) is 0 Å². The van der Waals surface area contributed by atoms with Crippen LogP contribution in [0.15, 0.2) is 30.3 Å². The number of H-pyrrole nitrogens is 1. The highest BCUT2D eigenvalue weighted by molar-refractivity contribution is 7.90. The van der Waals surface area contributed by atoms with Crippen LogP contribution < -0.4 is 5.32 Å². The summed E-state index contributed by atoms with van der Waals surface area (Å²) < 4.78 is 61.5. The van der Waals surface area contributed by atoms with Crippen LogP contribution in [0.2, 0.25) is 0 Å². The van der Waals surface area contributed by atoms with Crippen molar-refractivity contribution in [1.29, 1.82) is 0 Å². The maximum absolute atomic E-state index is 12.5. The van der Waals surface area contributed by atoms with Crippen molar-refractivity contribution in [2.24, 2.45) is 0 Å². The number of benzene rings is 1. The molecule has 1 aromatic heterocycles. The third-order valence-electron chi connectivity index (χ3n) is 3.65. The number of rotatable bonds is 2. The van der Waals surface area contributed by atoms with Gasteiger partial charge in [-0.25, -0.2) is 8.42 Å². The second kappa shape index (κ2) is 5.62. The number of fused-ring (bicyclic) bond motifs is 1. The normalized spacial score (nSPS) is 19.5. The summed E-state index contributed by atoms with van der Waals surface area (Å²) in [5.74, 6) is -1.32. The first-order valence-corrected chi connectivity index (χ1v) is 8.69. The van der Waals surface area contributed by atoms with Crippen LogP contribution in [0.4, 0.5) is 13.2 Å². The van der Waals surface area contributed by atoms with Gasteiger partial charge in [0.2, 0.25) is 0 Å². The fourth-order valence-corrected chi connectivity index (χ4v) is 4.21. The molecular weight excluding hydrogens is 347 g/mol. The Labute approximate surface area is 135 Å². The first-order valence-electron chi connectivity index (χ1n) is 6.87. The van der Waals surface area contributed by atoms with Crippen LogP contribution in [0.25, 0.3) is 0 Å². The van der Waals surface area contributed by atoms with E-state index in [1.54, 1.807) is 29.4 Å². The van der Waals surface area contributed by atoms with Crippen LogP contribution in [0.5, 0.6) is 0 Å². The minimum absolute atomic E-state index is 0.129. The second-order valence-electron chi connectivity index (χ2n) is 5.44. The number of aromatic nitrogens is 2. The molecule has 2 aromatic rings. The van der Waals surface area contributed by atoms with Gasteiger partial charge in [-0.15, -0.1) is 0 Å². The highest BCUT2D eigenvalue weighted by Crippen LogP contribution is 2.29. The van der Waals surface area contributed by atoms with Gasteiger partial charge in [-0.1, -0.05) is 24.3 Å². The molecule has 1 aromatic carbocycles. The molecule has 0 spiro atoms. The average molecular weight is 359 g/mol. The zero-order chi connectivity index (χ0) is 17.5. The average Bonchev–Trinajstić information content (AvgIpc) is 2.96. The van der Waals surface area contributed by atoms with E-state index in [9.17, 15) is 26.4 Å². The highest BCUT2D eigenvalue weighted by atomic mass is 32.2. The number of alkyl halides is 3. The zero-order valence-corrected chi connectivity index (χ0v) is 12.9. The smallest absolute Gasteiger partial charge is 0.343 e. The summed E-state index contributed by atoms with van der Waals surface area (Å²) in [6.45, 7) is 0. The van der Waals surface area contributed by atoms with Crippen molar-refractivity contribution in [2.75, 3.05) is 5.75 Å². The Morgan fingerprint density at radius 2 is 2.00 bits per heavy atom. The van der Waals surface area contributed by atoms with Crippen molar-refractivity contribution in [3.05, 3.63) is 52.8 Å². The van der Waals surface area contributed by atoms with E-state index >= 15 is 0 Å². The van der Waals surface area contributed by atoms with Crippen molar-refractivity contribution in [1.82, 2.24) is 15.5 Å². The predicted molar refractivity (Wildman–Crippen MR) is 77.7 cm³/mol. The molecule has 0 radical (unpaired) electrons. The molecule has 6 nitrogen and oxygen atoms in total. The molecule has 0 fully saturated rings. The molecule has 0 saturated heterocycles. The Kier molecular flexibility index (Phi) is 3.86. The number of aromatic amines is 1. The number of halogens is 3. The Bertz CT molecular complexity index is 890. The molecule has 2 heterocycles. The minimum atomic E-state index is -4.65. The number of hydrogen-bond donors (Lipinski definition) is 2. The molecule has 1 aliphatic rings. The van der Waals surface area contributed by atoms with Crippen LogP contribution in [-0.4, -0.2) is 30.3 Å². The van der Waals surface area contributed by atoms with Gasteiger partial charge in [0.05, 0.1) is 17.5 Å². The van der Waals surface area contributed by atoms with Gasteiger partial charge in [-0.2, -0.15) is 18.3 Å². The highest BCUT2D eigenvalue weighted by Gasteiger charge is 2.35. The van der Waals surface area contributed by atoms with E-state index in [-0.39, 0.29) is 11.5 Å². The van der Waals surface area contributed by atoms with E-state index in [0.29, 0.717) is 17.2 Å². The fraction of sp³-hybridized carbons (Fsp3) is 0.286. The number of hydrogen-bond acceptors (Lipinski definition) is 4. The number of carbonyl (C=O) groups is 1. The van der Waals surface area contributed by atoms with Crippen LogP contribution in [-0.2, 0) is 21.8 Å². The molecule has 24 heavy (non-hydrogen) atoms. The quantitative estimate of drug-likeness (QED) is 0.856. The Balaban J connectivity index is 1.85. The second-order valence-corrected chi connectivity index (χ2v) is 7.55. The summed E-state index contributed by atoms with van der Waals surface area (Å²) in [5.41, 5.74) is -0.411. The van der Waals surface area contributed by atoms with E-state index in [1.807, 2.05) is 0 Å². The van der Waals surface area contributed by atoms with Gasteiger partial charge in [-0.3, -0.25) is 9.89 Å². The fourth-order valence-electron chi connectivity index (χ4n) is 2.58. The van der Waals surface area contributed by atoms with E-state index < -0.39 is 39.4 Å².